The molecule has 0 unspecified atom stereocenters. The maximum absolute atomic E-state index is 5.40. The first-order valence-electron chi connectivity index (χ1n) is 5.95. The van der Waals surface area contributed by atoms with Crippen molar-refractivity contribution in [3.8, 4) is 16.3 Å². The van der Waals surface area contributed by atoms with Gasteiger partial charge in [-0.05, 0) is 13.3 Å². The van der Waals surface area contributed by atoms with Crippen LogP contribution in [0.1, 0.15) is 19.0 Å². The second kappa shape index (κ2) is 5.39. The number of hydrogen-bond donors (Lipinski definition) is 1. The number of rotatable bonds is 5. The Morgan fingerprint density at radius 2 is 2.28 bits per heavy atom. The molecular formula is C12H18N4OS. The second-order valence-corrected chi connectivity index (χ2v) is 5.08. The molecule has 0 atom stereocenters. The molecule has 2 rings (SSSR count). The van der Waals surface area contributed by atoms with Gasteiger partial charge in [0.25, 0.3) is 0 Å². The van der Waals surface area contributed by atoms with Crippen LogP contribution in [-0.4, -0.2) is 28.4 Å². The molecule has 0 aliphatic carbocycles. The molecule has 0 amide bonds. The standard InChI is InChI=1S/C12H18N4OS/c1-5-6-13-12-14-7-9(18-12)10-8(2)15-16(3)11(10)17-4/h7H,5-6H2,1-4H3,(H,13,14). The Morgan fingerprint density at radius 3 is 2.94 bits per heavy atom. The lowest BCUT2D eigenvalue weighted by Crippen LogP contribution is -1.97. The third kappa shape index (κ3) is 2.33. The summed E-state index contributed by atoms with van der Waals surface area (Å²) < 4.78 is 7.15. The summed E-state index contributed by atoms with van der Waals surface area (Å²) >= 11 is 1.63. The summed E-state index contributed by atoms with van der Waals surface area (Å²) in [5, 5.41) is 8.61. The lowest BCUT2D eigenvalue weighted by molar-refractivity contribution is 0.375. The summed E-state index contributed by atoms with van der Waals surface area (Å²) in [5.41, 5.74) is 1.99. The van der Waals surface area contributed by atoms with Crippen LogP contribution in [0.15, 0.2) is 6.20 Å². The van der Waals surface area contributed by atoms with Gasteiger partial charge in [0.05, 0.1) is 23.2 Å². The summed E-state index contributed by atoms with van der Waals surface area (Å²) in [6.07, 6.45) is 2.96. The highest BCUT2D eigenvalue weighted by molar-refractivity contribution is 7.18. The van der Waals surface area contributed by atoms with Gasteiger partial charge in [-0.3, -0.25) is 0 Å². The lowest BCUT2D eigenvalue weighted by Gasteiger charge is -2.02. The fourth-order valence-electron chi connectivity index (χ4n) is 1.86. The van der Waals surface area contributed by atoms with Crippen molar-refractivity contribution in [3.63, 3.8) is 0 Å². The van der Waals surface area contributed by atoms with Gasteiger partial charge in [-0.25, -0.2) is 9.67 Å². The maximum Gasteiger partial charge on any atom is 0.220 e. The summed E-state index contributed by atoms with van der Waals surface area (Å²) in [6.45, 7) is 5.06. The first-order valence-corrected chi connectivity index (χ1v) is 6.76. The van der Waals surface area contributed by atoms with Gasteiger partial charge in [0.2, 0.25) is 5.88 Å². The van der Waals surface area contributed by atoms with Gasteiger partial charge in [0.15, 0.2) is 5.13 Å². The van der Waals surface area contributed by atoms with Crippen LogP contribution in [0.2, 0.25) is 0 Å². The molecule has 6 heteroatoms. The number of thiazole rings is 1. The van der Waals surface area contributed by atoms with Crippen LogP contribution in [0.5, 0.6) is 5.88 Å². The molecule has 0 saturated heterocycles. The topological polar surface area (TPSA) is 52.0 Å². The number of ether oxygens (including phenoxy) is 1. The van der Waals surface area contributed by atoms with Gasteiger partial charge in [-0.1, -0.05) is 18.3 Å². The molecule has 2 heterocycles. The van der Waals surface area contributed by atoms with E-state index in [4.69, 9.17) is 4.74 Å². The van der Waals surface area contributed by atoms with E-state index in [9.17, 15) is 0 Å². The van der Waals surface area contributed by atoms with Gasteiger partial charge in [0, 0.05) is 19.8 Å². The van der Waals surface area contributed by atoms with Crippen LogP contribution in [0.3, 0.4) is 0 Å². The summed E-state index contributed by atoms with van der Waals surface area (Å²) in [4.78, 5) is 5.45. The molecule has 0 aliphatic heterocycles. The van der Waals surface area contributed by atoms with Crippen molar-refractivity contribution in [2.75, 3.05) is 19.0 Å². The molecule has 0 aromatic carbocycles. The fraction of sp³-hybridized carbons (Fsp3) is 0.500. The highest BCUT2D eigenvalue weighted by Gasteiger charge is 2.18. The number of anilines is 1. The Balaban J connectivity index is 2.33. The van der Waals surface area contributed by atoms with Crippen LogP contribution in [-0.2, 0) is 7.05 Å². The quantitative estimate of drug-likeness (QED) is 0.904. The highest BCUT2D eigenvalue weighted by atomic mass is 32.1. The monoisotopic (exact) mass is 266 g/mol. The van der Waals surface area contributed by atoms with E-state index in [0.29, 0.717) is 0 Å². The van der Waals surface area contributed by atoms with E-state index in [-0.39, 0.29) is 0 Å². The molecule has 1 N–H and O–H groups in total. The Morgan fingerprint density at radius 1 is 1.50 bits per heavy atom. The van der Waals surface area contributed by atoms with Crippen LogP contribution < -0.4 is 10.1 Å². The zero-order chi connectivity index (χ0) is 13.1. The first kappa shape index (κ1) is 12.9. The van der Waals surface area contributed by atoms with Crippen LogP contribution in [0.4, 0.5) is 5.13 Å². The fourth-order valence-corrected chi connectivity index (χ4v) is 2.79. The SMILES string of the molecule is CCCNc1ncc(-c2c(C)nn(C)c2OC)s1. The van der Waals surface area contributed by atoms with Crippen molar-refractivity contribution in [2.24, 2.45) is 7.05 Å². The van der Waals surface area contributed by atoms with Gasteiger partial charge >= 0.3 is 0 Å². The van der Waals surface area contributed by atoms with Crippen molar-refractivity contribution >= 4 is 16.5 Å². The van der Waals surface area contributed by atoms with Gasteiger partial charge < -0.3 is 10.1 Å². The Bertz CT molecular complexity index is 532. The van der Waals surface area contributed by atoms with E-state index in [1.165, 1.54) is 0 Å². The number of nitrogens with one attached hydrogen (secondary N) is 1. The van der Waals surface area contributed by atoms with E-state index in [2.05, 4.69) is 22.3 Å². The Kier molecular flexibility index (Phi) is 3.86. The predicted octanol–water partition coefficient (Wildman–Crippen LogP) is 2.68. The van der Waals surface area contributed by atoms with Crippen LogP contribution in [0.25, 0.3) is 10.4 Å². The Labute approximate surface area is 111 Å². The summed E-state index contributed by atoms with van der Waals surface area (Å²) in [7, 11) is 3.55. The van der Waals surface area contributed by atoms with Crippen molar-refractivity contribution < 1.29 is 4.74 Å². The minimum atomic E-state index is 0.776. The third-order valence-corrected chi connectivity index (χ3v) is 3.61. The molecule has 0 radical (unpaired) electrons. The van der Waals surface area contributed by atoms with E-state index in [0.717, 1.165) is 40.1 Å². The Hall–Kier alpha value is -1.56. The van der Waals surface area contributed by atoms with Crippen molar-refractivity contribution in [3.05, 3.63) is 11.9 Å². The van der Waals surface area contributed by atoms with Gasteiger partial charge in [-0.15, -0.1) is 0 Å². The number of aryl methyl sites for hydroxylation is 2. The summed E-state index contributed by atoms with van der Waals surface area (Å²) in [5.74, 6) is 0.776. The van der Waals surface area contributed by atoms with Gasteiger partial charge in [-0.2, -0.15) is 5.10 Å². The normalized spacial score (nSPS) is 10.7. The van der Waals surface area contributed by atoms with Crippen molar-refractivity contribution in [1.29, 1.82) is 0 Å². The molecule has 0 aliphatic rings. The zero-order valence-electron chi connectivity index (χ0n) is 11.1. The van der Waals surface area contributed by atoms with E-state index >= 15 is 0 Å². The van der Waals surface area contributed by atoms with Crippen LogP contribution >= 0.6 is 11.3 Å². The number of aromatic nitrogens is 3. The minimum Gasteiger partial charge on any atom is -0.481 e. The zero-order valence-corrected chi connectivity index (χ0v) is 12.0. The first-order chi connectivity index (χ1) is 8.67. The van der Waals surface area contributed by atoms with E-state index < -0.39 is 0 Å². The van der Waals surface area contributed by atoms with Crippen LogP contribution in [0, 0.1) is 6.92 Å². The highest BCUT2D eigenvalue weighted by Crippen LogP contribution is 2.37. The number of nitrogens with zero attached hydrogens (tertiary/aromatic N) is 3. The third-order valence-electron chi connectivity index (χ3n) is 2.64. The lowest BCUT2D eigenvalue weighted by atomic mass is 10.2. The molecule has 2 aromatic rings. The molecule has 2 aromatic heterocycles. The molecule has 0 bridgehead atoms. The molecule has 98 valence electrons. The molecule has 0 fully saturated rings. The molecule has 5 nitrogen and oxygen atoms in total. The average molecular weight is 266 g/mol. The van der Waals surface area contributed by atoms with E-state index in [1.807, 2.05) is 20.2 Å². The molecule has 18 heavy (non-hydrogen) atoms. The number of hydrogen-bond acceptors (Lipinski definition) is 5. The van der Waals surface area contributed by atoms with Crippen molar-refractivity contribution in [2.45, 2.75) is 20.3 Å². The molecule has 0 saturated carbocycles. The maximum atomic E-state index is 5.40. The largest absolute Gasteiger partial charge is 0.481 e. The summed E-state index contributed by atoms with van der Waals surface area (Å²) in [6, 6.07) is 0. The average Bonchev–Trinajstić information content (AvgIpc) is 2.90. The van der Waals surface area contributed by atoms with E-state index in [1.54, 1.807) is 23.1 Å². The second-order valence-electron chi connectivity index (χ2n) is 4.05. The van der Waals surface area contributed by atoms with Crippen molar-refractivity contribution in [1.82, 2.24) is 14.8 Å². The molecule has 0 spiro atoms. The molecular weight excluding hydrogens is 248 g/mol. The number of methoxy groups -OCH3 is 1. The van der Waals surface area contributed by atoms with Gasteiger partial charge in [0.1, 0.15) is 0 Å². The minimum absolute atomic E-state index is 0.776. The smallest absolute Gasteiger partial charge is 0.220 e. The predicted molar refractivity (Wildman–Crippen MR) is 74.4 cm³/mol.